The minimum atomic E-state index is -0.307. The number of hydrazine groups is 1. The zero-order chi connectivity index (χ0) is 14.8. The molecule has 1 aliphatic carbocycles. The summed E-state index contributed by atoms with van der Waals surface area (Å²) in [7, 11) is 0. The van der Waals surface area contributed by atoms with E-state index < -0.39 is 0 Å². The summed E-state index contributed by atoms with van der Waals surface area (Å²) in [5.74, 6) is 5.88. The van der Waals surface area contributed by atoms with Crippen molar-refractivity contribution in [3.8, 4) is 0 Å². The molecule has 112 valence electrons. The third kappa shape index (κ3) is 3.14. The van der Waals surface area contributed by atoms with Gasteiger partial charge >= 0.3 is 0 Å². The van der Waals surface area contributed by atoms with Crippen molar-refractivity contribution in [2.45, 2.75) is 37.6 Å². The van der Waals surface area contributed by atoms with Crippen LogP contribution in [-0.2, 0) is 12.8 Å². The molecular formula is C16H18ClFN2S. The Bertz CT molecular complexity index is 628. The topological polar surface area (TPSA) is 38.0 Å². The van der Waals surface area contributed by atoms with Gasteiger partial charge < -0.3 is 0 Å². The SMILES string of the molecule is NNC(Cc1ccc(F)cc1Cl)C1CCCc2sccc21. The van der Waals surface area contributed by atoms with Crippen molar-refractivity contribution in [3.63, 3.8) is 0 Å². The number of benzene rings is 1. The van der Waals surface area contributed by atoms with Crippen LogP contribution in [0.25, 0.3) is 0 Å². The van der Waals surface area contributed by atoms with E-state index in [1.807, 2.05) is 11.3 Å². The maximum Gasteiger partial charge on any atom is 0.124 e. The van der Waals surface area contributed by atoms with Crippen molar-refractivity contribution < 1.29 is 4.39 Å². The number of fused-ring (bicyclic) bond motifs is 1. The van der Waals surface area contributed by atoms with Gasteiger partial charge in [-0.1, -0.05) is 17.7 Å². The zero-order valence-electron chi connectivity index (χ0n) is 11.6. The number of hydrogen-bond acceptors (Lipinski definition) is 3. The van der Waals surface area contributed by atoms with Crippen LogP contribution in [0.15, 0.2) is 29.6 Å². The summed E-state index contributed by atoms with van der Waals surface area (Å²) in [5, 5.41) is 2.62. The number of nitrogens with two attached hydrogens (primary N) is 1. The fraction of sp³-hybridized carbons (Fsp3) is 0.375. The highest BCUT2D eigenvalue weighted by Crippen LogP contribution is 2.38. The minimum Gasteiger partial charge on any atom is -0.271 e. The number of nitrogens with one attached hydrogen (secondary N) is 1. The Labute approximate surface area is 133 Å². The molecule has 0 spiro atoms. The first-order valence-electron chi connectivity index (χ1n) is 7.15. The molecule has 1 aromatic carbocycles. The molecule has 0 radical (unpaired) electrons. The molecule has 5 heteroatoms. The molecule has 1 aromatic heterocycles. The summed E-state index contributed by atoms with van der Waals surface area (Å²) in [5.41, 5.74) is 5.29. The van der Waals surface area contributed by atoms with Gasteiger partial charge in [0, 0.05) is 21.9 Å². The van der Waals surface area contributed by atoms with Crippen molar-refractivity contribution >= 4 is 22.9 Å². The highest BCUT2D eigenvalue weighted by molar-refractivity contribution is 7.10. The summed E-state index contributed by atoms with van der Waals surface area (Å²) in [6, 6.07) is 6.88. The number of halogens is 2. The van der Waals surface area contributed by atoms with Crippen molar-refractivity contribution in [1.29, 1.82) is 0 Å². The van der Waals surface area contributed by atoms with E-state index in [0.29, 0.717) is 17.4 Å². The Morgan fingerprint density at radius 3 is 3.05 bits per heavy atom. The van der Waals surface area contributed by atoms with Gasteiger partial charge in [-0.15, -0.1) is 11.3 Å². The van der Waals surface area contributed by atoms with Crippen molar-refractivity contribution in [1.82, 2.24) is 5.43 Å². The second-order valence-corrected chi connectivity index (χ2v) is 6.92. The summed E-state index contributed by atoms with van der Waals surface area (Å²) in [6.45, 7) is 0. The maximum absolute atomic E-state index is 13.2. The number of hydrogen-bond donors (Lipinski definition) is 2. The van der Waals surface area contributed by atoms with Crippen LogP contribution in [-0.4, -0.2) is 6.04 Å². The van der Waals surface area contributed by atoms with E-state index in [9.17, 15) is 4.39 Å². The van der Waals surface area contributed by atoms with Gasteiger partial charge in [0.1, 0.15) is 5.82 Å². The van der Waals surface area contributed by atoms with Crippen LogP contribution in [0.2, 0.25) is 5.02 Å². The van der Waals surface area contributed by atoms with Gasteiger partial charge in [0.25, 0.3) is 0 Å². The van der Waals surface area contributed by atoms with E-state index in [2.05, 4.69) is 16.9 Å². The molecule has 0 amide bonds. The highest BCUT2D eigenvalue weighted by atomic mass is 35.5. The van der Waals surface area contributed by atoms with E-state index in [1.165, 1.54) is 29.0 Å². The second kappa shape index (κ2) is 6.44. The Morgan fingerprint density at radius 1 is 1.43 bits per heavy atom. The molecule has 0 bridgehead atoms. The minimum absolute atomic E-state index is 0.113. The zero-order valence-corrected chi connectivity index (χ0v) is 13.2. The fourth-order valence-electron chi connectivity index (χ4n) is 3.18. The summed E-state index contributed by atoms with van der Waals surface area (Å²) >= 11 is 7.97. The van der Waals surface area contributed by atoms with Crippen molar-refractivity contribution in [2.75, 3.05) is 0 Å². The van der Waals surface area contributed by atoms with Gasteiger partial charge in [0.2, 0.25) is 0 Å². The van der Waals surface area contributed by atoms with Crippen LogP contribution in [0, 0.1) is 5.82 Å². The molecule has 2 atom stereocenters. The van der Waals surface area contributed by atoms with E-state index in [-0.39, 0.29) is 11.9 Å². The fourth-order valence-corrected chi connectivity index (χ4v) is 4.42. The van der Waals surface area contributed by atoms with Crippen LogP contribution in [0.5, 0.6) is 0 Å². The summed E-state index contributed by atoms with van der Waals surface area (Å²) < 4.78 is 13.2. The number of thiophene rings is 1. The maximum atomic E-state index is 13.2. The van der Waals surface area contributed by atoms with Gasteiger partial charge in [-0.2, -0.15) is 0 Å². The molecule has 21 heavy (non-hydrogen) atoms. The van der Waals surface area contributed by atoms with Gasteiger partial charge in [0.05, 0.1) is 0 Å². The van der Waals surface area contributed by atoms with Crippen LogP contribution < -0.4 is 11.3 Å². The van der Waals surface area contributed by atoms with Gasteiger partial charge in [-0.25, -0.2) is 4.39 Å². The molecule has 1 heterocycles. The molecule has 0 aliphatic heterocycles. The molecule has 0 saturated heterocycles. The smallest absolute Gasteiger partial charge is 0.124 e. The van der Waals surface area contributed by atoms with Crippen LogP contribution in [0.3, 0.4) is 0 Å². The molecule has 3 rings (SSSR count). The standard InChI is InChI=1S/C16H18ClFN2S/c17-14-9-11(18)5-4-10(14)8-15(20-19)12-2-1-3-16-13(12)6-7-21-16/h4-7,9,12,15,20H,1-3,8,19H2. The monoisotopic (exact) mass is 324 g/mol. The number of aryl methyl sites for hydroxylation is 1. The van der Waals surface area contributed by atoms with Crippen LogP contribution >= 0.6 is 22.9 Å². The predicted octanol–water partition coefficient (Wildman–Crippen LogP) is 4.04. The molecule has 0 fully saturated rings. The molecule has 3 N–H and O–H groups in total. The predicted molar refractivity (Wildman–Crippen MR) is 86.2 cm³/mol. The summed E-state index contributed by atoms with van der Waals surface area (Å²) in [6.07, 6.45) is 4.18. The molecular weight excluding hydrogens is 307 g/mol. The van der Waals surface area contributed by atoms with Gasteiger partial charge in [-0.3, -0.25) is 11.3 Å². The quantitative estimate of drug-likeness (QED) is 0.658. The lowest BCUT2D eigenvalue weighted by Gasteiger charge is -2.30. The third-order valence-corrected chi connectivity index (χ3v) is 5.60. The average molecular weight is 325 g/mol. The van der Waals surface area contributed by atoms with E-state index in [4.69, 9.17) is 17.4 Å². The van der Waals surface area contributed by atoms with Crippen molar-refractivity contribution in [2.24, 2.45) is 5.84 Å². The lowest BCUT2D eigenvalue weighted by molar-refractivity contribution is 0.397. The third-order valence-electron chi connectivity index (χ3n) is 4.25. The van der Waals surface area contributed by atoms with Crippen LogP contribution in [0.1, 0.15) is 34.8 Å². The Morgan fingerprint density at radius 2 is 2.29 bits per heavy atom. The van der Waals surface area contributed by atoms with E-state index in [1.54, 1.807) is 6.07 Å². The largest absolute Gasteiger partial charge is 0.271 e. The Hall–Kier alpha value is -0.940. The first-order valence-corrected chi connectivity index (χ1v) is 8.41. The lowest BCUT2D eigenvalue weighted by atomic mass is 9.80. The molecule has 2 unspecified atom stereocenters. The molecule has 0 saturated carbocycles. The van der Waals surface area contributed by atoms with Gasteiger partial charge in [-0.05, 0) is 60.4 Å². The summed E-state index contributed by atoms with van der Waals surface area (Å²) in [4.78, 5) is 1.47. The average Bonchev–Trinajstić information content (AvgIpc) is 2.95. The second-order valence-electron chi connectivity index (χ2n) is 5.51. The Kier molecular flexibility index (Phi) is 4.60. The van der Waals surface area contributed by atoms with Gasteiger partial charge in [0.15, 0.2) is 0 Å². The molecule has 2 aromatic rings. The van der Waals surface area contributed by atoms with Crippen LogP contribution in [0.4, 0.5) is 4.39 Å². The van der Waals surface area contributed by atoms with Crippen molar-refractivity contribution in [3.05, 3.63) is 56.5 Å². The lowest BCUT2D eigenvalue weighted by Crippen LogP contribution is -2.42. The number of rotatable bonds is 4. The molecule has 2 nitrogen and oxygen atoms in total. The first-order chi connectivity index (χ1) is 10.2. The Balaban J connectivity index is 1.83. The highest BCUT2D eigenvalue weighted by Gasteiger charge is 2.28. The molecule has 1 aliphatic rings. The van der Waals surface area contributed by atoms with E-state index in [0.717, 1.165) is 18.4 Å². The van der Waals surface area contributed by atoms with E-state index >= 15 is 0 Å². The first kappa shape index (κ1) is 15.0. The normalized spacial score (nSPS) is 19.3.